The summed E-state index contributed by atoms with van der Waals surface area (Å²) in [5, 5.41) is 0. The van der Waals surface area contributed by atoms with Crippen LogP contribution < -0.4 is 5.73 Å². The molecule has 0 saturated carbocycles. The summed E-state index contributed by atoms with van der Waals surface area (Å²) in [6, 6.07) is 5.50. The van der Waals surface area contributed by atoms with E-state index in [1.165, 1.54) is 12.1 Å². The quantitative estimate of drug-likeness (QED) is 0.896. The average molecular weight is 358 g/mol. The molecule has 0 bridgehead atoms. The Balaban J connectivity index is 0.00000288. The molecule has 1 aromatic rings. The molecule has 5 nitrogen and oxygen atoms in total. The second kappa shape index (κ2) is 9.59. The Bertz CT molecular complexity index is 571. The first-order chi connectivity index (χ1) is 11.0. The number of hydrogen-bond acceptors (Lipinski definition) is 3. The molecule has 1 saturated heterocycles. The number of amides is 2. The molecule has 0 radical (unpaired) electrons. The Morgan fingerprint density at radius 1 is 1.17 bits per heavy atom. The third kappa shape index (κ3) is 4.92. The van der Waals surface area contributed by atoms with E-state index in [2.05, 4.69) is 0 Å². The minimum atomic E-state index is -0.514. The van der Waals surface area contributed by atoms with E-state index in [0.717, 1.165) is 6.42 Å². The summed E-state index contributed by atoms with van der Waals surface area (Å²) in [4.78, 5) is 28.0. The zero-order valence-corrected chi connectivity index (χ0v) is 14.7. The summed E-state index contributed by atoms with van der Waals surface area (Å²) in [7, 11) is 0. The number of nitrogens with two attached hydrogens (primary N) is 1. The normalized spacial score (nSPS) is 16.1. The minimum Gasteiger partial charge on any atom is -0.340 e. The number of nitrogens with zero attached hydrogens (tertiary/aromatic N) is 2. The topological polar surface area (TPSA) is 66.6 Å². The van der Waals surface area contributed by atoms with Crippen molar-refractivity contribution in [2.45, 2.75) is 32.2 Å². The maximum atomic E-state index is 13.8. The summed E-state index contributed by atoms with van der Waals surface area (Å²) in [5.41, 5.74) is 5.97. The summed E-state index contributed by atoms with van der Waals surface area (Å²) >= 11 is 0. The number of hydrogen-bond donors (Lipinski definition) is 1. The van der Waals surface area contributed by atoms with Crippen molar-refractivity contribution >= 4 is 24.2 Å². The molecule has 2 N–H and O–H groups in total. The fraction of sp³-hybridized carbons (Fsp3) is 0.529. The molecule has 1 unspecified atom stereocenters. The van der Waals surface area contributed by atoms with Crippen molar-refractivity contribution in [3.05, 3.63) is 35.6 Å². The van der Waals surface area contributed by atoms with Crippen LogP contribution >= 0.6 is 12.4 Å². The molecule has 134 valence electrons. The fourth-order valence-electron chi connectivity index (χ4n) is 2.81. The number of carbonyl (C=O) groups is 2. The Morgan fingerprint density at radius 3 is 2.46 bits per heavy atom. The highest BCUT2D eigenvalue weighted by Gasteiger charge is 2.26. The van der Waals surface area contributed by atoms with Crippen molar-refractivity contribution in [3.63, 3.8) is 0 Å². The van der Waals surface area contributed by atoms with Gasteiger partial charge in [0.05, 0.1) is 11.6 Å². The van der Waals surface area contributed by atoms with Crippen molar-refractivity contribution in [1.82, 2.24) is 9.80 Å². The molecule has 7 heteroatoms. The van der Waals surface area contributed by atoms with Crippen molar-refractivity contribution in [3.8, 4) is 0 Å². The third-order valence-electron chi connectivity index (χ3n) is 4.12. The molecule has 1 atom stereocenters. The van der Waals surface area contributed by atoms with E-state index >= 15 is 0 Å². The summed E-state index contributed by atoms with van der Waals surface area (Å²) < 4.78 is 13.8. The molecule has 0 aliphatic carbocycles. The molecule has 0 spiro atoms. The SMILES string of the molecule is CCCC(N)C(=O)N1CCCN(C(=O)c2ccccc2F)CC1.Cl. The van der Waals surface area contributed by atoms with Gasteiger partial charge in [-0.2, -0.15) is 0 Å². The molecule has 0 aromatic heterocycles. The summed E-state index contributed by atoms with van der Waals surface area (Å²) in [6.45, 7) is 3.93. The van der Waals surface area contributed by atoms with Crippen LogP contribution in [-0.4, -0.2) is 53.8 Å². The zero-order chi connectivity index (χ0) is 16.8. The Morgan fingerprint density at radius 2 is 1.79 bits per heavy atom. The van der Waals surface area contributed by atoms with E-state index in [1.807, 2.05) is 6.92 Å². The first-order valence-electron chi connectivity index (χ1n) is 8.12. The first-order valence-corrected chi connectivity index (χ1v) is 8.12. The minimum absolute atomic E-state index is 0. The first kappa shape index (κ1) is 20.4. The van der Waals surface area contributed by atoms with E-state index < -0.39 is 11.9 Å². The molecule has 24 heavy (non-hydrogen) atoms. The average Bonchev–Trinajstić information content (AvgIpc) is 2.80. The van der Waals surface area contributed by atoms with Crippen molar-refractivity contribution < 1.29 is 14.0 Å². The van der Waals surface area contributed by atoms with Gasteiger partial charge in [0, 0.05) is 26.2 Å². The van der Waals surface area contributed by atoms with Gasteiger partial charge >= 0.3 is 0 Å². The highest BCUT2D eigenvalue weighted by atomic mass is 35.5. The van der Waals surface area contributed by atoms with E-state index in [9.17, 15) is 14.0 Å². The molecule has 2 amide bonds. The van der Waals surface area contributed by atoms with Gasteiger partial charge in [-0.1, -0.05) is 25.5 Å². The summed E-state index contributed by atoms with van der Waals surface area (Å²) in [5.74, 6) is -0.901. The van der Waals surface area contributed by atoms with Gasteiger partial charge in [-0.3, -0.25) is 9.59 Å². The van der Waals surface area contributed by atoms with Crippen LogP contribution in [0.2, 0.25) is 0 Å². The lowest BCUT2D eigenvalue weighted by Gasteiger charge is -2.24. The van der Waals surface area contributed by atoms with Crippen LogP contribution in [0.1, 0.15) is 36.5 Å². The molecular formula is C17H25ClFN3O2. The monoisotopic (exact) mass is 357 g/mol. The molecule has 1 aromatic carbocycles. The van der Waals surface area contributed by atoms with Gasteiger partial charge < -0.3 is 15.5 Å². The molecule has 1 aliphatic heterocycles. The number of carbonyl (C=O) groups excluding carboxylic acids is 2. The smallest absolute Gasteiger partial charge is 0.256 e. The zero-order valence-electron chi connectivity index (χ0n) is 13.9. The Kier molecular flexibility index (Phi) is 8.15. The molecule has 2 rings (SSSR count). The second-order valence-corrected chi connectivity index (χ2v) is 5.85. The largest absolute Gasteiger partial charge is 0.340 e. The third-order valence-corrected chi connectivity index (χ3v) is 4.12. The van der Waals surface area contributed by atoms with Crippen molar-refractivity contribution in [2.75, 3.05) is 26.2 Å². The van der Waals surface area contributed by atoms with E-state index in [0.29, 0.717) is 39.0 Å². The van der Waals surface area contributed by atoms with E-state index in [1.54, 1.807) is 21.9 Å². The van der Waals surface area contributed by atoms with Crippen LogP contribution in [0.15, 0.2) is 24.3 Å². The molecule has 1 aliphatic rings. The predicted octanol–water partition coefficient (Wildman–Crippen LogP) is 2.05. The molecular weight excluding hydrogens is 333 g/mol. The fourth-order valence-corrected chi connectivity index (χ4v) is 2.81. The van der Waals surface area contributed by atoms with Gasteiger partial charge in [0.25, 0.3) is 5.91 Å². The van der Waals surface area contributed by atoms with Crippen molar-refractivity contribution in [2.24, 2.45) is 5.73 Å². The van der Waals surface area contributed by atoms with Gasteiger partial charge in [0.2, 0.25) is 5.91 Å². The number of rotatable bonds is 4. The maximum Gasteiger partial charge on any atom is 0.256 e. The maximum absolute atomic E-state index is 13.8. The standard InChI is InChI=1S/C17H24FN3O2.ClH/c1-2-6-15(19)17(23)21-10-5-9-20(11-12-21)16(22)13-7-3-4-8-14(13)18;/h3-4,7-8,15H,2,5-6,9-12,19H2,1H3;1H. The Labute approximate surface area is 148 Å². The van der Waals surface area contributed by atoms with E-state index in [4.69, 9.17) is 5.73 Å². The van der Waals surface area contributed by atoms with Gasteiger partial charge in [0.1, 0.15) is 5.82 Å². The molecule has 1 fully saturated rings. The second-order valence-electron chi connectivity index (χ2n) is 5.85. The Hall–Kier alpha value is -1.66. The van der Waals surface area contributed by atoms with Gasteiger partial charge in [0.15, 0.2) is 0 Å². The van der Waals surface area contributed by atoms with Crippen LogP contribution in [0.3, 0.4) is 0 Å². The van der Waals surface area contributed by atoms with Crippen LogP contribution in [0, 0.1) is 5.82 Å². The van der Waals surface area contributed by atoms with Crippen LogP contribution in [0.5, 0.6) is 0 Å². The molecule has 1 heterocycles. The van der Waals surface area contributed by atoms with Crippen molar-refractivity contribution in [1.29, 1.82) is 0 Å². The van der Waals surface area contributed by atoms with Crippen LogP contribution in [0.4, 0.5) is 4.39 Å². The van der Waals surface area contributed by atoms with Gasteiger partial charge in [-0.25, -0.2) is 4.39 Å². The number of halogens is 2. The van der Waals surface area contributed by atoms with Gasteiger partial charge in [-0.05, 0) is 25.0 Å². The van der Waals surface area contributed by atoms with E-state index in [-0.39, 0.29) is 29.8 Å². The predicted molar refractivity (Wildman–Crippen MR) is 93.6 cm³/mol. The van der Waals surface area contributed by atoms with Crippen LogP contribution in [0.25, 0.3) is 0 Å². The lowest BCUT2D eigenvalue weighted by atomic mass is 10.1. The number of benzene rings is 1. The highest BCUT2D eigenvalue weighted by molar-refractivity contribution is 5.94. The highest BCUT2D eigenvalue weighted by Crippen LogP contribution is 2.13. The van der Waals surface area contributed by atoms with Crippen LogP contribution in [-0.2, 0) is 4.79 Å². The summed E-state index contributed by atoms with van der Waals surface area (Å²) in [6.07, 6.45) is 2.19. The van der Waals surface area contributed by atoms with Gasteiger partial charge in [-0.15, -0.1) is 12.4 Å². The lowest BCUT2D eigenvalue weighted by Crippen LogP contribution is -2.45. The lowest BCUT2D eigenvalue weighted by molar-refractivity contribution is -0.132.